The van der Waals surface area contributed by atoms with Crippen LogP contribution >= 0.6 is 0 Å². The molecule has 0 aromatic heterocycles. The Morgan fingerprint density at radius 3 is 2.36 bits per heavy atom. The van der Waals surface area contributed by atoms with E-state index in [-0.39, 0.29) is 17.6 Å². The van der Waals surface area contributed by atoms with Crippen LogP contribution in [-0.4, -0.2) is 29.8 Å². The maximum atomic E-state index is 13.4. The van der Waals surface area contributed by atoms with Crippen molar-refractivity contribution in [2.45, 2.75) is 26.3 Å². The summed E-state index contributed by atoms with van der Waals surface area (Å²) in [5, 5.41) is 0. The standard InChI is InChI=1S/C28H26N2O3/c1-20-8-10-22(11-9-20)19-30-24-6-2-3-7-25(24)33-26(28(30)32)18-21-12-14-23(15-13-21)27(31)29-16-4-5-17-29/h2-3,6-15,18H,4-5,16-17,19H2,1H3/b26-18+. The number of hydrogen-bond donors (Lipinski definition) is 0. The molecular weight excluding hydrogens is 412 g/mol. The minimum Gasteiger partial charge on any atom is -0.449 e. The first-order valence-corrected chi connectivity index (χ1v) is 11.3. The zero-order valence-electron chi connectivity index (χ0n) is 18.7. The van der Waals surface area contributed by atoms with Crippen molar-refractivity contribution in [1.82, 2.24) is 4.90 Å². The Balaban J connectivity index is 1.41. The molecule has 0 spiro atoms. The molecule has 0 unspecified atom stereocenters. The molecule has 33 heavy (non-hydrogen) atoms. The van der Waals surface area contributed by atoms with Gasteiger partial charge in [0, 0.05) is 18.7 Å². The quantitative estimate of drug-likeness (QED) is 0.526. The van der Waals surface area contributed by atoms with Crippen LogP contribution in [0.15, 0.2) is 78.6 Å². The Morgan fingerprint density at radius 1 is 0.939 bits per heavy atom. The number of ether oxygens (including phenoxy) is 1. The molecule has 0 aliphatic carbocycles. The van der Waals surface area contributed by atoms with Gasteiger partial charge in [-0.3, -0.25) is 14.5 Å². The summed E-state index contributed by atoms with van der Waals surface area (Å²) < 4.78 is 5.99. The fourth-order valence-electron chi connectivity index (χ4n) is 4.27. The lowest BCUT2D eigenvalue weighted by molar-refractivity contribution is -0.117. The maximum absolute atomic E-state index is 13.4. The van der Waals surface area contributed by atoms with E-state index >= 15 is 0 Å². The van der Waals surface area contributed by atoms with E-state index in [0.717, 1.165) is 42.7 Å². The van der Waals surface area contributed by atoms with Crippen LogP contribution in [0, 0.1) is 6.92 Å². The molecule has 1 saturated heterocycles. The number of para-hydroxylation sites is 2. The van der Waals surface area contributed by atoms with Crippen LogP contribution < -0.4 is 9.64 Å². The van der Waals surface area contributed by atoms with Crippen molar-refractivity contribution < 1.29 is 14.3 Å². The van der Waals surface area contributed by atoms with Gasteiger partial charge in [0.2, 0.25) is 0 Å². The Kier molecular flexibility index (Phi) is 5.69. The van der Waals surface area contributed by atoms with E-state index in [9.17, 15) is 9.59 Å². The zero-order valence-corrected chi connectivity index (χ0v) is 18.7. The normalized spacial score (nSPS) is 16.6. The highest BCUT2D eigenvalue weighted by Gasteiger charge is 2.30. The second-order valence-corrected chi connectivity index (χ2v) is 8.58. The Labute approximate surface area is 193 Å². The van der Waals surface area contributed by atoms with Crippen molar-refractivity contribution in [3.63, 3.8) is 0 Å². The van der Waals surface area contributed by atoms with Gasteiger partial charge >= 0.3 is 0 Å². The maximum Gasteiger partial charge on any atom is 0.294 e. The van der Waals surface area contributed by atoms with Crippen LogP contribution in [0.3, 0.4) is 0 Å². The summed E-state index contributed by atoms with van der Waals surface area (Å²) in [4.78, 5) is 29.6. The van der Waals surface area contributed by atoms with E-state index in [1.54, 1.807) is 11.0 Å². The number of hydrogen-bond acceptors (Lipinski definition) is 3. The van der Waals surface area contributed by atoms with Crippen molar-refractivity contribution in [2.75, 3.05) is 18.0 Å². The lowest BCUT2D eigenvalue weighted by atomic mass is 10.1. The predicted molar refractivity (Wildman–Crippen MR) is 129 cm³/mol. The molecule has 5 heteroatoms. The van der Waals surface area contributed by atoms with Gasteiger partial charge in [-0.2, -0.15) is 0 Å². The summed E-state index contributed by atoms with van der Waals surface area (Å²) >= 11 is 0. The fourth-order valence-corrected chi connectivity index (χ4v) is 4.27. The third kappa shape index (κ3) is 4.40. The molecule has 0 saturated carbocycles. The number of benzene rings is 3. The number of carbonyl (C=O) groups excluding carboxylic acids is 2. The smallest absolute Gasteiger partial charge is 0.294 e. The molecule has 3 aromatic carbocycles. The number of carbonyl (C=O) groups is 2. The minimum atomic E-state index is -0.188. The number of rotatable bonds is 4. The van der Waals surface area contributed by atoms with Gasteiger partial charge in [0.15, 0.2) is 11.5 Å². The van der Waals surface area contributed by atoms with Crippen LogP contribution in [0.4, 0.5) is 5.69 Å². The van der Waals surface area contributed by atoms with Crippen LogP contribution in [0.1, 0.15) is 39.9 Å². The van der Waals surface area contributed by atoms with Crippen LogP contribution in [0.2, 0.25) is 0 Å². The summed E-state index contributed by atoms with van der Waals surface area (Å²) in [5.41, 5.74) is 4.47. The first-order chi connectivity index (χ1) is 16.1. The Morgan fingerprint density at radius 2 is 1.64 bits per heavy atom. The van der Waals surface area contributed by atoms with Crippen LogP contribution in [-0.2, 0) is 11.3 Å². The second-order valence-electron chi connectivity index (χ2n) is 8.58. The highest BCUT2D eigenvalue weighted by Crippen LogP contribution is 2.36. The Bertz CT molecular complexity index is 1210. The van der Waals surface area contributed by atoms with Gasteiger partial charge in [-0.05, 0) is 61.2 Å². The lowest BCUT2D eigenvalue weighted by Gasteiger charge is -2.30. The summed E-state index contributed by atoms with van der Waals surface area (Å²) in [6, 6.07) is 23.1. The highest BCUT2D eigenvalue weighted by molar-refractivity contribution is 6.09. The minimum absolute atomic E-state index is 0.0647. The molecule has 166 valence electrons. The summed E-state index contributed by atoms with van der Waals surface area (Å²) in [6.07, 6.45) is 3.87. The lowest BCUT2D eigenvalue weighted by Crippen LogP contribution is -2.36. The van der Waals surface area contributed by atoms with Crippen molar-refractivity contribution in [1.29, 1.82) is 0 Å². The van der Waals surface area contributed by atoms with Crippen molar-refractivity contribution in [3.05, 3.63) is 101 Å². The Hall–Kier alpha value is -3.86. The first-order valence-electron chi connectivity index (χ1n) is 11.3. The molecule has 0 atom stereocenters. The van der Waals surface area contributed by atoms with Gasteiger partial charge in [0.05, 0.1) is 12.2 Å². The van der Waals surface area contributed by atoms with Crippen LogP contribution in [0.5, 0.6) is 5.75 Å². The SMILES string of the molecule is Cc1ccc(CN2C(=O)/C(=C\c3ccc(C(=O)N4CCCC4)cc3)Oc3ccccc32)cc1. The molecule has 2 amide bonds. The zero-order chi connectivity index (χ0) is 22.8. The molecular formula is C28H26N2O3. The number of nitrogens with zero attached hydrogens (tertiary/aromatic N) is 2. The molecule has 3 aromatic rings. The summed E-state index contributed by atoms with van der Waals surface area (Å²) in [5.74, 6) is 0.789. The molecule has 5 rings (SSSR count). The second kappa shape index (κ2) is 8.94. The highest BCUT2D eigenvalue weighted by atomic mass is 16.5. The molecule has 0 radical (unpaired) electrons. The molecule has 1 fully saturated rings. The number of fused-ring (bicyclic) bond motifs is 1. The molecule has 0 bridgehead atoms. The van der Waals surface area contributed by atoms with Gasteiger partial charge in [-0.1, -0.05) is 54.1 Å². The third-order valence-corrected chi connectivity index (χ3v) is 6.14. The number of aryl methyl sites for hydroxylation is 1. The van der Waals surface area contributed by atoms with Crippen LogP contribution in [0.25, 0.3) is 6.08 Å². The average molecular weight is 439 g/mol. The van der Waals surface area contributed by atoms with Crippen molar-refractivity contribution in [3.8, 4) is 5.75 Å². The molecule has 2 aliphatic rings. The van der Waals surface area contributed by atoms with Crippen molar-refractivity contribution >= 4 is 23.6 Å². The fraction of sp³-hybridized carbons (Fsp3) is 0.214. The third-order valence-electron chi connectivity index (χ3n) is 6.14. The molecule has 2 aliphatic heterocycles. The van der Waals surface area contributed by atoms with E-state index in [0.29, 0.717) is 17.9 Å². The average Bonchev–Trinajstić information content (AvgIpc) is 3.38. The van der Waals surface area contributed by atoms with Gasteiger partial charge < -0.3 is 9.64 Å². The largest absolute Gasteiger partial charge is 0.449 e. The van der Waals surface area contributed by atoms with Gasteiger partial charge in [0.25, 0.3) is 11.8 Å². The summed E-state index contributed by atoms with van der Waals surface area (Å²) in [7, 11) is 0. The number of anilines is 1. The first kappa shape index (κ1) is 21.0. The van der Waals surface area contributed by atoms with E-state index < -0.39 is 0 Å². The van der Waals surface area contributed by atoms with E-state index in [1.165, 1.54) is 5.56 Å². The number of likely N-dealkylation sites (tertiary alicyclic amines) is 1. The van der Waals surface area contributed by atoms with E-state index in [4.69, 9.17) is 4.74 Å². The van der Waals surface area contributed by atoms with Crippen molar-refractivity contribution in [2.24, 2.45) is 0 Å². The monoisotopic (exact) mass is 438 g/mol. The summed E-state index contributed by atoms with van der Waals surface area (Å²) in [6.45, 7) is 4.15. The molecule has 5 nitrogen and oxygen atoms in total. The topological polar surface area (TPSA) is 49.9 Å². The van der Waals surface area contributed by atoms with Gasteiger partial charge in [-0.25, -0.2) is 0 Å². The molecule has 2 heterocycles. The van der Waals surface area contributed by atoms with E-state index in [1.807, 2.05) is 84.6 Å². The van der Waals surface area contributed by atoms with E-state index in [2.05, 4.69) is 0 Å². The van der Waals surface area contributed by atoms with Gasteiger partial charge in [0.1, 0.15) is 0 Å². The number of amides is 2. The van der Waals surface area contributed by atoms with Gasteiger partial charge in [-0.15, -0.1) is 0 Å². The molecule has 0 N–H and O–H groups in total. The predicted octanol–water partition coefficient (Wildman–Crippen LogP) is 5.20.